The predicted molar refractivity (Wildman–Crippen MR) is 95.4 cm³/mol. The molecule has 0 aromatic heterocycles. The number of nitrogens with zero attached hydrogens (tertiary/aromatic N) is 1. The number of anilines is 1. The summed E-state index contributed by atoms with van der Waals surface area (Å²) in [5.41, 5.74) is -0.362. The number of hydrogen-bond donors (Lipinski definition) is 1. The Morgan fingerprint density at radius 2 is 1.52 bits per heavy atom. The summed E-state index contributed by atoms with van der Waals surface area (Å²) in [6, 6.07) is 1.79. The summed E-state index contributed by atoms with van der Waals surface area (Å²) in [7, 11) is 0. The number of benzene rings is 1. The standard InChI is InChI=1S/C20H25F3N2O2/c1-12-8-10-25(11-9-12)20(27)14-4-2-13(3-5-14)19(26)24-16-7-6-15(21)17(22)18(16)23/h6-7,12-14H,2-5,8-11H2,1H3,(H,24,26). The average molecular weight is 382 g/mol. The Kier molecular flexibility index (Phi) is 6.07. The number of amides is 2. The summed E-state index contributed by atoms with van der Waals surface area (Å²) in [4.78, 5) is 26.9. The number of rotatable bonds is 3. The van der Waals surface area contributed by atoms with Crippen molar-refractivity contribution in [1.29, 1.82) is 0 Å². The van der Waals surface area contributed by atoms with Crippen LogP contribution in [0.3, 0.4) is 0 Å². The van der Waals surface area contributed by atoms with Gasteiger partial charge in [0.15, 0.2) is 17.5 Å². The molecule has 1 aliphatic heterocycles. The summed E-state index contributed by atoms with van der Waals surface area (Å²) in [6.07, 6.45) is 4.34. The summed E-state index contributed by atoms with van der Waals surface area (Å²) in [5, 5.41) is 2.34. The molecule has 2 aliphatic rings. The minimum Gasteiger partial charge on any atom is -0.342 e. The van der Waals surface area contributed by atoms with E-state index in [1.54, 1.807) is 0 Å². The van der Waals surface area contributed by atoms with E-state index in [1.165, 1.54) is 0 Å². The van der Waals surface area contributed by atoms with Gasteiger partial charge in [-0.1, -0.05) is 6.92 Å². The molecule has 1 saturated carbocycles. The first-order valence-corrected chi connectivity index (χ1v) is 9.60. The molecule has 3 rings (SSSR count). The Balaban J connectivity index is 1.52. The second-order valence-electron chi connectivity index (χ2n) is 7.77. The van der Waals surface area contributed by atoms with Crippen LogP contribution in [0.4, 0.5) is 18.9 Å². The Morgan fingerprint density at radius 3 is 2.15 bits per heavy atom. The van der Waals surface area contributed by atoms with E-state index >= 15 is 0 Å². The fraction of sp³-hybridized carbons (Fsp3) is 0.600. The van der Waals surface area contributed by atoms with Gasteiger partial charge in [-0.25, -0.2) is 13.2 Å². The predicted octanol–water partition coefficient (Wildman–Crippen LogP) is 4.11. The maximum absolute atomic E-state index is 13.7. The molecule has 1 N–H and O–H groups in total. The normalized spacial score (nSPS) is 23.9. The van der Waals surface area contributed by atoms with Gasteiger partial charge < -0.3 is 10.2 Å². The van der Waals surface area contributed by atoms with Crippen molar-refractivity contribution >= 4 is 17.5 Å². The van der Waals surface area contributed by atoms with E-state index in [4.69, 9.17) is 0 Å². The van der Waals surface area contributed by atoms with Crippen LogP contribution in [0.1, 0.15) is 45.4 Å². The first kappa shape index (κ1) is 19.7. The zero-order chi connectivity index (χ0) is 19.6. The second kappa shape index (κ2) is 8.31. The quantitative estimate of drug-likeness (QED) is 0.800. The van der Waals surface area contributed by atoms with E-state index in [-0.39, 0.29) is 23.4 Å². The highest BCUT2D eigenvalue weighted by molar-refractivity contribution is 5.93. The fourth-order valence-electron chi connectivity index (χ4n) is 3.95. The van der Waals surface area contributed by atoms with Crippen LogP contribution in [0.2, 0.25) is 0 Å². The third-order valence-electron chi connectivity index (χ3n) is 5.84. The van der Waals surface area contributed by atoms with Gasteiger partial charge in [-0.05, 0) is 56.6 Å². The first-order chi connectivity index (χ1) is 12.9. The van der Waals surface area contributed by atoms with E-state index in [9.17, 15) is 22.8 Å². The van der Waals surface area contributed by atoms with E-state index in [1.807, 2.05) is 4.90 Å². The highest BCUT2D eigenvalue weighted by atomic mass is 19.2. The van der Waals surface area contributed by atoms with Gasteiger partial charge in [-0.2, -0.15) is 0 Å². The molecule has 0 bridgehead atoms. The molecular weight excluding hydrogens is 357 g/mol. The monoisotopic (exact) mass is 382 g/mol. The Morgan fingerprint density at radius 1 is 0.926 bits per heavy atom. The number of carbonyl (C=O) groups is 2. The summed E-state index contributed by atoms with van der Waals surface area (Å²) in [5.74, 6) is -4.30. The third-order valence-corrected chi connectivity index (χ3v) is 5.84. The Hall–Kier alpha value is -2.05. The molecule has 0 radical (unpaired) electrons. The molecule has 1 aliphatic carbocycles. The molecule has 7 heteroatoms. The highest BCUT2D eigenvalue weighted by Crippen LogP contribution is 2.32. The van der Waals surface area contributed by atoms with Crippen molar-refractivity contribution < 1.29 is 22.8 Å². The maximum atomic E-state index is 13.7. The van der Waals surface area contributed by atoms with Crippen LogP contribution in [0.15, 0.2) is 12.1 Å². The fourth-order valence-corrected chi connectivity index (χ4v) is 3.95. The van der Waals surface area contributed by atoms with Crippen LogP contribution in [0.5, 0.6) is 0 Å². The van der Waals surface area contributed by atoms with E-state index in [2.05, 4.69) is 12.2 Å². The zero-order valence-corrected chi connectivity index (χ0v) is 15.4. The van der Waals surface area contributed by atoms with Gasteiger partial charge in [-0.15, -0.1) is 0 Å². The number of carbonyl (C=O) groups excluding carboxylic acids is 2. The zero-order valence-electron chi connectivity index (χ0n) is 15.4. The van der Waals surface area contributed by atoms with Gasteiger partial charge in [-0.3, -0.25) is 9.59 Å². The van der Waals surface area contributed by atoms with E-state index in [0.717, 1.165) is 38.1 Å². The molecule has 1 aromatic carbocycles. The molecule has 1 saturated heterocycles. The van der Waals surface area contributed by atoms with Gasteiger partial charge in [0.1, 0.15) is 0 Å². The van der Waals surface area contributed by atoms with Gasteiger partial charge >= 0.3 is 0 Å². The summed E-state index contributed by atoms with van der Waals surface area (Å²) >= 11 is 0. The van der Waals surface area contributed by atoms with Crippen LogP contribution >= 0.6 is 0 Å². The molecular formula is C20H25F3N2O2. The minimum absolute atomic E-state index is 0.0672. The molecule has 0 atom stereocenters. The lowest BCUT2D eigenvalue weighted by molar-refractivity contribution is -0.139. The van der Waals surface area contributed by atoms with Gasteiger partial charge in [0.05, 0.1) is 5.69 Å². The summed E-state index contributed by atoms with van der Waals surface area (Å²) < 4.78 is 40.0. The topological polar surface area (TPSA) is 49.4 Å². The van der Waals surface area contributed by atoms with Crippen molar-refractivity contribution in [2.24, 2.45) is 17.8 Å². The molecule has 1 aromatic rings. The maximum Gasteiger partial charge on any atom is 0.227 e. The van der Waals surface area contributed by atoms with Crippen LogP contribution < -0.4 is 5.32 Å². The van der Waals surface area contributed by atoms with Crippen LogP contribution in [-0.2, 0) is 9.59 Å². The number of nitrogens with one attached hydrogen (secondary N) is 1. The van der Waals surface area contributed by atoms with E-state index in [0.29, 0.717) is 31.6 Å². The van der Waals surface area contributed by atoms with Gasteiger partial charge in [0.2, 0.25) is 11.8 Å². The third kappa shape index (κ3) is 4.45. The lowest BCUT2D eigenvalue weighted by atomic mass is 9.80. The highest BCUT2D eigenvalue weighted by Gasteiger charge is 2.33. The lowest BCUT2D eigenvalue weighted by Gasteiger charge is -2.35. The molecule has 4 nitrogen and oxygen atoms in total. The number of piperidine rings is 1. The molecule has 148 valence electrons. The molecule has 2 amide bonds. The van der Waals surface area contributed by atoms with Crippen molar-refractivity contribution in [3.05, 3.63) is 29.6 Å². The second-order valence-corrected chi connectivity index (χ2v) is 7.77. The molecule has 2 fully saturated rings. The molecule has 27 heavy (non-hydrogen) atoms. The van der Waals surface area contributed by atoms with E-state index < -0.39 is 23.4 Å². The van der Waals surface area contributed by atoms with Gasteiger partial charge in [0, 0.05) is 24.9 Å². The molecule has 0 unspecified atom stereocenters. The van der Waals surface area contributed by atoms with Gasteiger partial charge in [0.25, 0.3) is 0 Å². The smallest absolute Gasteiger partial charge is 0.227 e. The SMILES string of the molecule is CC1CCN(C(=O)C2CCC(C(=O)Nc3ccc(F)c(F)c3F)CC2)CC1. The van der Waals surface area contributed by atoms with Crippen molar-refractivity contribution in [3.8, 4) is 0 Å². The molecule has 0 spiro atoms. The Labute approximate surface area is 157 Å². The number of halogens is 3. The first-order valence-electron chi connectivity index (χ1n) is 9.60. The average Bonchev–Trinajstić information content (AvgIpc) is 2.68. The van der Waals surface area contributed by atoms with Crippen LogP contribution in [0.25, 0.3) is 0 Å². The largest absolute Gasteiger partial charge is 0.342 e. The number of likely N-dealkylation sites (tertiary alicyclic amines) is 1. The number of hydrogen-bond acceptors (Lipinski definition) is 2. The van der Waals surface area contributed by atoms with Crippen LogP contribution in [0, 0.1) is 35.2 Å². The Bertz CT molecular complexity index is 709. The van der Waals surface area contributed by atoms with Crippen molar-refractivity contribution in [2.75, 3.05) is 18.4 Å². The van der Waals surface area contributed by atoms with Crippen LogP contribution in [-0.4, -0.2) is 29.8 Å². The lowest BCUT2D eigenvalue weighted by Crippen LogP contribution is -2.42. The molecule has 1 heterocycles. The van der Waals surface area contributed by atoms with Crippen molar-refractivity contribution in [2.45, 2.75) is 45.4 Å². The van der Waals surface area contributed by atoms with Crippen molar-refractivity contribution in [3.63, 3.8) is 0 Å². The summed E-state index contributed by atoms with van der Waals surface area (Å²) in [6.45, 7) is 3.80. The minimum atomic E-state index is -1.60. The van der Waals surface area contributed by atoms with Crippen molar-refractivity contribution in [1.82, 2.24) is 4.90 Å².